The Morgan fingerprint density at radius 1 is 1.29 bits per heavy atom. The van der Waals surface area contributed by atoms with Gasteiger partial charge in [-0.05, 0) is 57.3 Å². The molecule has 3 nitrogen and oxygen atoms in total. The number of aromatic nitrogens is 1. The lowest BCUT2D eigenvalue weighted by atomic mass is 9.99. The molecule has 1 aromatic carbocycles. The Balaban J connectivity index is 1.45. The monoisotopic (exact) mass is 285 g/mol. The van der Waals surface area contributed by atoms with Gasteiger partial charge in [-0.25, -0.2) is 0 Å². The zero-order valence-corrected chi connectivity index (χ0v) is 13.0. The highest BCUT2D eigenvalue weighted by Gasteiger charge is 2.15. The minimum atomic E-state index is 0.589. The molecule has 0 saturated carbocycles. The van der Waals surface area contributed by atoms with Gasteiger partial charge in [0, 0.05) is 29.2 Å². The number of nitrogens with one attached hydrogen (secondary N) is 3. The molecule has 3 N–H and O–H groups in total. The van der Waals surface area contributed by atoms with Gasteiger partial charge in [-0.1, -0.05) is 24.6 Å². The summed E-state index contributed by atoms with van der Waals surface area (Å²) in [7, 11) is 0. The van der Waals surface area contributed by atoms with Crippen LogP contribution in [0.4, 0.5) is 0 Å². The average Bonchev–Trinajstić information content (AvgIpc) is 2.92. The van der Waals surface area contributed by atoms with Crippen LogP contribution in [0.25, 0.3) is 10.9 Å². The fourth-order valence-corrected chi connectivity index (χ4v) is 3.43. The minimum Gasteiger partial charge on any atom is -0.361 e. The number of hydrogen-bond acceptors (Lipinski definition) is 2. The summed E-state index contributed by atoms with van der Waals surface area (Å²) in [5.74, 6) is 0. The second-order valence-corrected chi connectivity index (χ2v) is 6.35. The van der Waals surface area contributed by atoms with Gasteiger partial charge in [0.2, 0.25) is 0 Å². The summed E-state index contributed by atoms with van der Waals surface area (Å²) in [4.78, 5) is 3.35. The van der Waals surface area contributed by atoms with Gasteiger partial charge in [-0.3, -0.25) is 0 Å². The van der Waals surface area contributed by atoms with Crippen LogP contribution in [0.1, 0.15) is 38.2 Å². The Labute approximate surface area is 127 Å². The maximum absolute atomic E-state index is 3.68. The van der Waals surface area contributed by atoms with Crippen LogP contribution in [0, 0.1) is 0 Å². The van der Waals surface area contributed by atoms with Crippen LogP contribution >= 0.6 is 0 Å². The van der Waals surface area contributed by atoms with Crippen molar-refractivity contribution in [1.82, 2.24) is 15.6 Å². The van der Waals surface area contributed by atoms with Gasteiger partial charge < -0.3 is 15.6 Å². The molecule has 0 aliphatic carbocycles. The molecule has 0 amide bonds. The fourth-order valence-electron chi connectivity index (χ4n) is 3.43. The third kappa shape index (κ3) is 3.86. The summed E-state index contributed by atoms with van der Waals surface area (Å²) >= 11 is 0. The summed E-state index contributed by atoms with van der Waals surface area (Å²) in [6.45, 7) is 4.56. The number of H-pyrrole nitrogens is 1. The zero-order chi connectivity index (χ0) is 14.5. The van der Waals surface area contributed by atoms with Crippen molar-refractivity contribution in [2.24, 2.45) is 0 Å². The van der Waals surface area contributed by atoms with E-state index in [4.69, 9.17) is 0 Å². The highest BCUT2D eigenvalue weighted by Crippen LogP contribution is 2.18. The first kappa shape index (κ1) is 14.6. The largest absolute Gasteiger partial charge is 0.361 e. The van der Waals surface area contributed by atoms with Gasteiger partial charge in [0.1, 0.15) is 0 Å². The zero-order valence-electron chi connectivity index (χ0n) is 13.0. The Bertz CT molecular complexity index is 554. The van der Waals surface area contributed by atoms with Crippen LogP contribution in [0.2, 0.25) is 0 Å². The molecular weight excluding hydrogens is 258 g/mol. The van der Waals surface area contributed by atoms with Crippen molar-refractivity contribution in [2.75, 3.05) is 13.1 Å². The van der Waals surface area contributed by atoms with Crippen LogP contribution in [0.3, 0.4) is 0 Å². The highest BCUT2D eigenvalue weighted by atomic mass is 15.0. The van der Waals surface area contributed by atoms with Gasteiger partial charge in [0.25, 0.3) is 0 Å². The van der Waals surface area contributed by atoms with Crippen molar-refractivity contribution in [3.8, 4) is 0 Å². The first-order valence-corrected chi connectivity index (χ1v) is 8.34. The minimum absolute atomic E-state index is 0.589. The van der Waals surface area contributed by atoms with E-state index in [0.717, 1.165) is 13.0 Å². The molecule has 1 aromatic heterocycles. The van der Waals surface area contributed by atoms with E-state index in [-0.39, 0.29) is 0 Å². The Morgan fingerprint density at radius 2 is 2.19 bits per heavy atom. The summed E-state index contributed by atoms with van der Waals surface area (Å²) in [5.41, 5.74) is 2.66. The van der Waals surface area contributed by atoms with E-state index in [2.05, 4.69) is 53.0 Å². The van der Waals surface area contributed by atoms with Crippen molar-refractivity contribution < 1.29 is 0 Å². The number of piperidine rings is 1. The lowest BCUT2D eigenvalue weighted by molar-refractivity contribution is 0.346. The maximum Gasteiger partial charge on any atom is 0.0456 e. The molecule has 1 fully saturated rings. The Morgan fingerprint density at radius 3 is 3.05 bits per heavy atom. The van der Waals surface area contributed by atoms with E-state index >= 15 is 0 Å². The molecular formula is C18H27N3. The van der Waals surface area contributed by atoms with Crippen LogP contribution in [0.15, 0.2) is 30.5 Å². The Kier molecular flexibility index (Phi) is 4.94. The molecule has 2 atom stereocenters. The van der Waals surface area contributed by atoms with Gasteiger partial charge >= 0.3 is 0 Å². The van der Waals surface area contributed by atoms with E-state index < -0.39 is 0 Å². The molecule has 1 aliphatic rings. The van der Waals surface area contributed by atoms with E-state index in [9.17, 15) is 0 Å². The summed E-state index contributed by atoms with van der Waals surface area (Å²) < 4.78 is 0. The van der Waals surface area contributed by atoms with E-state index in [0.29, 0.717) is 12.1 Å². The van der Waals surface area contributed by atoms with Crippen molar-refractivity contribution in [3.63, 3.8) is 0 Å². The van der Waals surface area contributed by atoms with E-state index in [1.807, 2.05) is 0 Å². The van der Waals surface area contributed by atoms with Crippen LogP contribution in [0.5, 0.6) is 0 Å². The smallest absolute Gasteiger partial charge is 0.0456 e. The van der Waals surface area contributed by atoms with Crippen molar-refractivity contribution in [2.45, 2.75) is 51.1 Å². The van der Waals surface area contributed by atoms with Gasteiger partial charge in [-0.15, -0.1) is 0 Å². The molecule has 0 spiro atoms. The summed E-state index contributed by atoms with van der Waals surface area (Å²) in [6.07, 6.45) is 8.56. The van der Waals surface area contributed by atoms with Crippen molar-refractivity contribution in [3.05, 3.63) is 36.0 Å². The topological polar surface area (TPSA) is 39.8 Å². The lowest BCUT2D eigenvalue weighted by Crippen LogP contribution is -2.40. The van der Waals surface area contributed by atoms with Gasteiger partial charge in [0.15, 0.2) is 0 Å². The second kappa shape index (κ2) is 7.10. The molecule has 21 heavy (non-hydrogen) atoms. The number of benzene rings is 1. The SMILES string of the molecule is CC(CC1CCCCN1)NCCc1c[nH]c2ccccc12. The molecule has 3 heteroatoms. The lowest BCUT2D eigenvalue weighted by Gasteiger charge is -2.26. The quantitative estimate of drug-likeness (QED) is 0.762. The average molecular weight is 285 g/mol. The number of fused-ring (bicyclic) bond motifs is 1. The summed E-state index contributed by atoms with van der Waals surface area (Å²) in [6, 6.07) is 9.85. The highest BCUT2D eigenvalue weighted by molar-refractivity contribution is 5.83. The molecule has 0 bridgehead atoms. The normalized spacial score (nSPS) is 20.7. The molecule has 0 radical (unpaired) electrons. The van der Waals surface area contributed by atoms with Crippen molar-refractivity contribution in [1.29, 1.82) is 0 Å². The molecule has 2 heterocycles. The van der Waals surface area contributed by atoms with Crippen molar-refractivity contribution >= 4 is 10.9 Å². The molecule has 1 saturated heterocycles. The third-order valence-electron chi connectivity index (χ3n) is 4.61. The Hall–Kier alpha value is -1.32. The van der Waals surface area contributed by atoms with Crippen LogP contribution < -0.4 is 10.6 Å². The van der Waals surface area contributed by atoms with E-state index in [1.54, 1.807) is 0 Å². The number of rotatable bonds is 6. The number of aromatic amines is 1. The van der Waals surface area contributed by atoms with Crippen LogP contribution in [-0.2, 0) is 6.42 Å². The molecule has 114 valence electrons. The van der Waals surface area contributed by atoms with Gasteiger partial charge in [0.05, 0.1) is 0 Å². The first-order chi connectivity index (χ1) is 10.3. The molecule has 3 rings (SSSR count). The first-order valence-electron chi connectivity index (χ1n) is 8.34. The number of hydrogen-bond donors (Lipinski definition) is 3. The fraction of sp³-hybridized carbons (Fsp3) is 0.556. The van der Waals surface area contributed by atoms with E-state index in [1.165, 1.54) is 48.7 Å². The molecule has 2 unspecified atom stereocenters. The van der Waals surface area contributed by atoms with Crippen LogP contribution in [-0.4, -0.2) is 30.2 Å². The van der Waals surface area contributed by atoms with Gasteiger partial charge in [-0.2, -0.15) is 0 Å². The molecule has 1 aliphatic heterocycles. The predicted molar refractivity (Wildman–Crippen MR) is 89.7 cm³/mol. The molecule has 2 aromatic rings. The second-order valence-electron chi connectivity index (χ2n) is 6.35. The third-order valence-corrected chi connectivity index (χ3v) is 4.61. The standard InChI is InChI=1S/C18H27N3/c1-14(12-16-6-4-5-10-20-16)19-11-9-15-13-21-18-8-3-2-7-17(15)18/h2-3,7-8,13-14,16,19-21H,4-6,9-12H2,1H3. The maximum atomic E-state index is 3.68. The predicted octanol–water partition coefficient (Wildman–Crippen LogP) is 3.22. The summed E-state index contributed by atoms with van der Waals surface area (Å²) in [5, 5.41) is 8.67. The number of para-hydroxylation sites is 1.